The number of amidine groups is 1. The highest BCUT2D eigenvalue weighted by molar-refractivity contribution is 5.80. The van der Waals surface area contributed by atoms with E-state index in [0.717, 1.165) is 19.4 Å². The van der Waals surface area contributed by atoms with Crippen molar-refractivity contribution in [3.63, 3.8) is 0 Å². The second-order valence-electron chi connectivity index (χ2n) is 4.86. The molecular weight excluding hydrogens is 204 g/mol. The number of hydrogen-bond acceptors (Lipinski definition) is 4. The molecule has 0 radical (unpaired) electrons. The topological polar surface area (TPSA) is 97.1 Å². The molecule has 0 aliphatic carbocycles. The van der Waals surface area contributed by atoms with Crippen LogP contribution >= 0.6 is 0 Å². The van der Waals surface area contributed by atoms with Crippen LogP contribution in [-0.4, -0.2) is 31.3 Å². The number of piperidine rings is 1. The molecule has 1 heterocycles. The van der Waals surface area contributed by atoms with Crippen LogP contribution in [0.5, 0.6) is 0 Å². The molecule has 16 heavy (non-hydrogen) atoms. The van der Waals surface area contributed by atoms with Gasteiger partial charge in [0.15, 0.2) is 0 Å². The van der Waals surface area contributed by atoms with Crippen LogP contribution in [0.15, 0.2) is 0 Å². The molecular formula is C11H24N4O. The zero-order valence-corrected chi connectivity index (χ0v) is 10.2. The zero-order chi connectivity index (χ0) is 12.1. The third kappa shape index (κ3) is 3.73. The highest BCUT2D eigenvalue weighted by Crippen LogP contribution is 2.16. The summed E-state index contributed by atoms with van der Waals surface area (Å²) in [7, 11) is 0. The van der Waals surface area contributed by atoms with Crippen LogP contribution in [0.2, 0.25) is 0 Å². The van der Waals surface area contributed by atoms with Gasteiger partial charge in [-0.15, -0.1) is 0 Å². The maximum absolute atomic E-state index is 7.47. The standard InChI is InChI=1S/C11H24N4O/c1-7(2)4-6-16-11-9(12)8(10(13)14)3-5-15-11/h7-9,11,15H,3-6,12H2,1-2H3,(H3,13,14). The quantitative estimate of drug-likeness (QED) is 0.400. The Kier molecular flexibility index (Phi) is 5.18. The molecule has 0 aromatic rings. The van der Waals surface area contributed by atoms with Crippen molar-refractivity contribution in [1.29, 1.82) is 5.41 Å². The minimum atomic E-state index is -0.210. The third-order valence-electron chi connectivity index (χ3n) is 3.01. The number of ether oxygens (including phenoxy) is 1. The Labute approximate surface area is 97.4 Å². The summed E-state index contributed by atoms with van der Waals surface area (Å²) in [5.41, 5.74) is 11.5. The Morgan fingerprint density at radius 3 is 2.81 bits per heavy atom. The van der Waals surface area contributed by atoms with Gasteiger partial charge in [-0.3, -0.25) is 10.7 Å². The normalized spacial score (nSPS) is 30.6. The van der Waals surface area contributed by atoms with Crippen molar-refractivity contribution in [1.82, 2.24) is 5.32 Å². The zero-order valence-electron chi connectivity index (χ0n) is 10.2. The molecule has 6 N–H and O–H groups in total. The highest BCUT2D eigenvalue weighted by Gasteiger charge is 2.32. The largest absolute Gasteiger partial charge is 0.387 e. The first-order valence-corrected chi connectivity index (χ1v) is 5.97. The molecule has 1 aliphatic heterocycles. The highest BCUT2D eigenvalue weighted by atomic mass is 16.5. The average Bonchev–Trinajstić information content (AvgIpc) is 2.19. The fourth-order valence-corrected chi connectivity index (χ4v) is 1.88. The van der Waals surface area contributed by atoms with E-state index in [4.69, 9.17) is 21.6 Å². The first-order valence-electron chi connectivity index (χ1n) is 5.97. The van der Waals surface area contributed by atoms with Crippen LogP contribution < -0.4 is 16.8 Å². The number of rotatable bonds is 5. The first-order chi connectivity index (χ1) is 7.52. The van der Waals surface area contributed by atoms with Gasteiger partial charge >= 0.3 is 0 Å². The second kappa shape index (κ2) is 6.18. The molecule has 3 atom stereocenters. The van der Waals surface area contributed by atoms with E-state index in [-0.39, 0.29) is 24.0 Å². The fraction of sp³-hybridized carbons (Fsp3) is 0.909. The molecule has 1 aliphatic rings. The monoisotopic (exact) mass is 228 g/mol. The number of nitrogens with one attached hydrogen (secondary N) is 2. The molecule has 5 nitrogen and oxygen atoms in total. The molecule has 1 saturated heterocycles. The summed E-state index contributed by atoms with van der Waals surface area (Å²) < 4.78 is 5.70. The number of nitrogens with two attached hydrogens (primary N) is 2. The van der Waals surface area contributed by atoms with Gasteiger partial charge in [0, 0.05) is 12.5 Å². The maximum atomic E-state index is 7.47. The lowest BCUT2D eigenvalue weighted by Crippen LogP contribution is -2.58. The smallest absolute Gasteiger partial charge is 0.124 e. The van der Waals surface area contributed by atoms with Crippen LogP contribution in [0.1, 0.15) is 26.7 Å². The summed E-state index contributed by atoms with van der Waals surface area (Å²) >= 11 is 0. The lowest BCUT2D eigenvalue weighted by molar-refractivity contribution is -0.0131. The Balaban J connectivity index is 2.38. The molecule has 0 aromatic carbocycles. The van der Waals surface area contributed by atoms with Crippen molar-refractivity contribution >= 4 is 5.84 Å². The van der Waals surface area contributed by atoms with E-state index in [1.165, 1.54) is 0 Å². The van der Waals surface area contributed by atoms with Crippen molar-refractivity contribution in [2.75, 3.05) is 13.2 Å². The van der Waals surface area contributed by atoms with Gasteiger partial charge in [0.1, 0.15) is 6.23 Å². The molecule has 0 aromatic heterocycles. The van der Waals surface area contributed by atoms with E-state index < -0.39 is 0 Å². The second-order valence-corrected chi connectivity index (χ2v) is 4.86. The van der Waals surface area contributed by atoms with Gasteiger partial charge < -0.3 is 16.2 Å². The molecule has 0 saturated carbocycles. The summed E-state index contributed by atoms with van der Waals surface area (Å²) in [5, 5.41) is 10.7. The van der Waals surface area contributed by atoms with Crippen molar-refractivity contribution < 1.29 is 4.74 Å². The predicted molar refractivity (Wildman–Crippen MR) is 65.2 cm³/mol. The van der Waals surface area contributed by atoms with Crippen LogP contribution in [0.4, 0.5) is 0 Å². The van der Waals surface area contributed by atoms with Crippen LogP contribution in [0.25, 0.3) is 0 Å². The van der Waals surface area contributed by atoms with Crippen molar-refractivity contribution in [2.24, 2.45) is 23.3 Å². The summed E-state index contributed by atoms with van der Waals surface area (Å²) in [6, 6.07) is -0.210. The van der Waals surface area contributed by atoms with Crippen LogP contribution in [-0.2, 0) is 4.74 Å². The van der Waals surface area contributed by atoms with E-state index >= 15 is 0 Å². The fourth-order valence-electron chi connectivity index (χ4n) is 1.88. The summed E-state index contributed by atoms with van der Waals surface area (Å²) in [5.74, 6) is 0.750. The van der Waals surface area contributed by atoms with E-state index in [1.54, 1.807) is 0 Å². The van der Waals surface area contributed by atoms with Crippen molar-refractivity contribution in [3.8, 4) is 0 Å². The summed E-state index contributed by atoms with van der Waals surface area (Å²) in [6.45, 7) is 5.84. The first kappa shape index (κ1) is 13.4. The third-order valence-corrected chi connectivity index (χ3v) is 3.01. The van der Waals surface area contributed by atoms with Gasteiger partial charge in [0.25, 0.3) is 0 Å². The lowest BCUT2D eigenvalue weighted by atomic mass is 9.91. The van der Waals surface area contributed by atoms with E-state index in [2.05, 4.69) is 19.2 Å². The van der Waals surface area contributed by atoms with Crippen LogP contribution in [0, 0.1) is 17.2 Å². The van der Waals surface area contributed by atoms with Gasteiger partial charge in [-0.2, -0.15) is 0 Å². The van der Waals surface area contributed by atoms with Gasteiger partial charge in [0.05, 0.1) is 11.9 Å². The van der Waals surface area contributed by atoms with E-state index in [9.17, 15) is 0 Å². The molecule has 5 heteroatoms. The molecule has 1 fully saturated rings. The van der Waals surface area contributed by atoms with Crippen LogP contribution in [0.3, 0.4) is 0 Å². The van der Waals surface area contributed by atoms with Gasteiger partial charge in [-0.25, -0.2) is 0 Å². The molecule has 3 unspecified atom stereocenters. The number of hydrogen-bond donors (Lipinski definition) is 4. The SMILES string of the molecule is CC(C)CCOC1NCCC(C(=N)N)C1N. The lowest BCUT2D eigenvalue weighted by Gasteiger charge is -2.35. The minimum absolute atomic E-state index is 0.0506. The Hall–Kier alpha value is -0.650. The average molecular weight is 228 g/mol. The Morgan fingerprint density at radius 1 is 1.56 bits per heavy atom. The molecule has 1 rings (SSSR count). The van der Waals surface area contributed by atoms with E-state index in [0.29, 0.717) is 12.5 Å². The Bertz CT molecular complexity index is 232. The molecule has 0 amide bonds. The maximum Gasteiger partial charge on any atom is 0.124 e. The van der Waals surface area contributed by atoms with E-state index in [1.807, 2.05) is 0 Å². The van der Waals surface area contributed by atoms with Crippen molar-refractivity contribution in [2.45, 2.75) is 39.0 Å². The summed E-state index contributed by atoms with van der Waals surface area (Å²) in [4.78, 5) is 0. The minimum Gasteiger partial charge on any atom is -0.387 e. The predicted octanol–water partition coefficient (Wildman–Crippen LogP) is 0.248. The van der Waals surface area contributed by atoms with Gasteiger partial charge in [-0.05, 0) is 25.3 Å². The molecule has 0 spiro atoms. The van der Waals surface area contributed by atoms with Gasteiger partial charge in [-0.1, -0.05) is 13.8 Å². The van der Waals surface area contributed by atoms with Crippen molar-refractivity contribution in [3.05, 3.63) is 0 Å². The van der Waals surface area contributed by atoms with Gasteiger partial charge in [0.2, 0.25) is 0 Å². The summed E-state index contributed by atoms with van der Waals surface area (Å²) in [6.07, 6.45) is 1.68. The molecule has 94 valence electrons. The Morgan fingerprint density at radius 2 is 2.25 bits per heavy atom. The molecule has 0 bridgehead atoms.